The molecule has 1 atom stereocenters. The van der Waals surface area contributed by atoms with E-state index in [-0.39, 0.29) is 6.10 Å². The van der Waals surface area contributed by atoms with E-state index < -0.39 is 0 Å². The van der Waals surface area contributed by atoms with E-state index in [0.29, 0.717) is 0 Å². The van der Waals surface area contributed by atoms with Crippen molar-refractivity contribution < 1.29 is 5.11 Å². The minimum Gasteiger partial charge on any atom is -0.393 e. The molecule has 0 bridgehead atoms. The Morgan fingerprint density at radius 1 is 1.62 bits per heavy atom. The Morgan fingerprint density at radius 3 is 3.08 bits per heavy atom. The molecule has 0 fully saturated rings. The zero-order chi connectivity index (χ0) is 9.52. The first kappa shape index (κ1) is 9.92. The van der Waals surface area contributed by atoms with Crippen molar-refractivity contribution in [3.8, 4) is 0 Å². The fourth-order valence-corrected chi connectivity index (χ4v) is 0.966. The van der Waals surface area contributed by atoms with E-state index in [9.17, 15) is 5.11 Å². The molecule has 0 aromatic carbocycles. The second kappa shape index (κ2) is 5.48. The van der Waals surface area contributed by atoms with Gasteiger partial charge in [0.2, 0.25) is 0 Å². The lowest BCUT2D eigenvalue weighted by Crippen LogP contribution is -2.12. The molecule has 1 aromatic heterocycles. The van der Waals surface area contributed by atoms with E-state index in [0.717, 1.165) is 25.2 Å². The van der Waals surface area contributed by atoms with E-state index in [2.05, 4.69) is 15.3 Å². The predicted molar refractivity (Wildman–Crippen MR) is 51.4 cm³/mol. The van der Waals surface area contributed by atoms with Gasteiger partial charge in [-0.05, 0) is 18.9 Å². The minimum absolute atomic E-state index is 0.214. The van der Waals surface area contributed by atoms with Gasteiger partial charge in [-0.3, -0.25) is 0 Å². The lowest BCUT2D eigenvalue weighted by Gasteiger charge is -2.08. The second-order valence-corrected chi connectivity index (χ2v) is 2.87. The first-order valence-electron chi connectivity index (χ1n) is 4.51. The van der Waals surface area contributed by atoms with Crippen LogP contribution in [0.4, 0.5) is 5.82 Å². The lowest BCUT2D eigenvalue weighted by atomic mass is 10.2. The molecule has 13 heavy (non-hydrogen) atoms. The van der Waals surface area contributed by atoms with Crippen molar-refractivity contribution in [1.29, 1.82) is 0 Å². The van der Waals surface area contributed by atoms with E-state index >= 15 is 0 Å². The molecule has 0 amide bonds. The third kappa shape index (κ3) is 3.85. The van der Waals surface area contributed by atoms with Crippen molar-refractivity contribution in [1.82, 2.24) is 9.97 Å². The summed E-state index contributed by atoms with van der Waals surface area (Å²) < 4.78 is 0. The Hall–Kier alpha value is -1.16. The van der Waals surface area contributed by atoms with Gasteiger partial charge >= 0.3 is 0 Å². The Kier molecular flexibility index (Phi) is 4.18. The second-order valence-electron chi connectivity index (χ2n) is 2.87. The third-order valence-electron chi connectivity index (χ3n) is 1.84. The molecule has 4 nitrogen and oxygen atoms in total. The summed E-state index contributed by atoms with van der Waals surface area (Å²) in [4.78, 5) is 7.80. The first-order valence-corrected chi connectivity index (χ1v) is 4.51. The highest BCUT2D eigenvalue weighted by molar-refractivity contribution is 5.31. The first-order chi connectivity index (χ1) is 6.33. The maximum Gasteiger partial charge on any atom is 0.129 e. The molecule has 0 radical (unpaired) electrons. The molecule has 0 aliphatic rings. The summed E-state index contributed by atoms with van der Waals surface area (Å²) in [6.45, 7) is 2.71. The summed E-state index contributed by atoms with van der Waals surface area (Å²) in [6, 6.07) is 1.80. The summed E-state index contributed by atoms with van der Waals surface area (Å²) in [5, 5.41) is 12.4. The number of anilines is 1. The topological polar surface area (TPSA) is 58.0 Å². The molecule has 0 aliphatic heterocycles. The number of aliphatic hydroxyl groups excluding tert-OH is 1. The van der Waals surface area contributed by atoms with Crippen LogP contribution in [0.5, 0.6) is 0 Å². The molecule has 2 N–H and O–H groups in total. The van der Waals surface area contributed by atoms with Gasteiger partial charge < -0.3 is 10.4 Å². The molecular formula is C9H15N3O. The Labute approximate surface area is 78.0 Å². The molecule has 1 rings (SSSR count). The van der Waals surface area contributed by atoms with Crippen LogP contribution < -0.4 is 5.32 Å². The number of nitrogens with one attached hydrogen (secondary N) is 1. The molecule has 0 saturated heterocycles. The summed E-state index contributed by atoms with van der Waals surface area (Å²) in [6.07, 6.45) is 4.52. The Balaban J connectivity index is 2.20. The minimum atomic E-state index is -0.214. The zero-order valence-electron chi connectivity index (χ0n) is 7.77. The average molecular weight is 181 g/mol. The van der Waals surface area contributed by atoms with Crippen molar-refractivity contribution in [3.05, 3.63) is 18.6 Å². The van der Waals surface area contributed by atoms with Crippen LogP contribution in [0.25, 0.3) is 0 Å². The van der Waals surface area contributed by atoms with Gasteiger partial charge in [0.1, 0.15) is 12.1 Å². The molecule has 1 unspecified atom stereocenters. The van der Waals surface area contributed by atoms with Gasteiger partial charge in [-0.1, -0.05) is 6.92 Å². The zero-order valence-corrected chi connectivity index (χ0v) is 7.77. The Bertz CT molecular complexity index is 228. The molecule has 0 spiro atoms. The molecule has 72 valence electrons. The summed E-state index contributed by atoms with van der Waals surface area (Å²) in [5.74, 6) is 0.804. The number of nitrogens with zero attached hydrogens (tertiary/aromatic N) is 2. The van der Waals surface area contributed by atoms with Crippen LogP contribution in [0.15, 0.2) is 18.6 Å². The van der Waals surface area contributed by atoms with Gasteiger partial charge in [-0.2, -0.15) is 0 Å². The largest absolute Gasteiger partial charge is 0.393 e. The average Bonchev–Trinajstić information content (AvgIpc) is 2.19. The van der Waals surface area contributed by atoms with Crippen molar-refractivity contribution >= 4 is 5.82 Å². The number of aliphatic hydroxyl groups is 1. The maximum atomic E-state index is 9.26. The number of hydrogen-bond donors (Lipinski definition) is 2. The highest BCUT2D eigenvalue weighted by Crippen LogP contribution is 2.00. The number of aromatic nitrogens is 2. The van der Waals surface area contributed by atoms with E-state index in [1.54, 1.807) is 12.3 Å². The monoisotopic (exact) mass is 181 g/mol. The van der Waals surface area contributed by atoms with Crippen LogP contribution in [0.3, 0.4) is 0 Å². The molecule has 0 aliphatic carbocycles. The van der Waals surface area contributed by atoms with Crippen molar-refractivity contribution in [2.45, 2.75) is 25.9 Å². The van der Waals surface area contributed by atoms with Crippen LogP contribution in [-0.4, -0.2) is 27.7 Å². The summed E-state index contributed by atoms with van der Waals surface area (Å²) in [5.41, 5.74) is 0. The molecule has 1 aromatic rings. The fourth-order valence-electron chi connectivity index (χ4n) is 0.966. The Morgan fingerprint density at radius 2 is 2.46 bits per heavy atom. The van der Waals surface area contributed by atoms with Gasteiger partial charge in [0.25, 0.3) is 0 Å². The third-order valence-corrected chi connectivity index (χ3v) is 1.84. The van der Waals surface area contributed by atoms with Crippen LogP contribution in [0.1, 0.15) is 19.8 Å². The van der Waals surface area contributed by atoms with Crippen molar-refractivity contribution in [2.24, 2.45) is 0 Å². The number of rotatable bonds is 5. The highest BCUT2D eigenvalue weighted by Gasteiger charge is 1.99. The predicted octanol–water partition coefficient (Wildman–Crippen LogP) is 1.05. The fraction of sp³-hybridized carbons (Fsp3) is 0.556. The SMILES string of the molecule is CCC(O)CCNc1ccncn1. The van der Waals surface area contributed by atoms with Crippen LogP contribution in [-0.2, 0) is 0 Å². The molecule has 0 saturated carbocycles. The summed E-state index contributed by atoms with van der Waals surface area (Å²) in [7, 11) is 0. The highest BCUT2D eigenvalue weighted by atomic mass is 16.3. The standard InChI is InChI=1S/C9H15N3O/c1-2-8(13)3-6-11-9-4-5-10-7-12-9/h4-5,7-8,13H,2-3,6H2,1H3,(H,10,11,12). The van der Waals surface area contributed by atoms with Crippen LogP contribution >= 0.6 is 0 Å². The van der Waals surface area contributed by atoms with Crippen LogP contribution in [0, 0.1) is 0 Å². The maximum absolute atomic E-state index is 9.26. The van der Waals surface area contributed by atoms with E-state index in [1.807, 2.05) is 6.92 Å². The van der Waals surface area contributed by atoms with Gasteiger partial charge in [0, 0.05) is 12.7 Å². The van der Waals surface area contributed by atoms with Crippen molar-refractivity contribution in [3.63, 3.8) is 0 Å². The van der Waals surface area contributed by atoms with Gasteiger partial charge in [-0.25, -0.2) is 9.97 Å². The van der Waals surface area contributed by atoms with Crippen molar-refractivity contribution in [2.75, 3.05) is 11.9 Å². The summed E-state index contributed by atoms with van der Waals surface area (Å²) >= 11 is 0. The number of hydrogen-bond acceptors (Lipinski definition) is 4. The quantitative estimate of drug-likeness (QED) is 0.712. The molecule has 1 heterocycles. The van der Waals surface area contributed by atoms with E-state index in [4.69, 9.17) is 0 Å². The van der Waals surface area contributed by atoms with Gasteiger partial charge in [0.05, 0.1) is 6.10 Å². The lowest BCUT2D eigenvalue weighted by molar-refractivity contribution is 0.164. The smallest absolute Gasteiger partial charge is 0.129 e. The molecule has 4 heteroatoms. The van der Waals surface area contributed by atoms with Crippen LogP contribution in [0.2, 0.25) is 0 Å². The molecular weight excluding hydrogens is 166 g/mol. The van der Waals surface area contributed by atoms with Gasteiger partial charge in [0.15, 0.2) is 0 Å². The normalized spacial score (nSPS) is 12.5. The van der Waals surface area contributed by atoms with E-state index in [1.165, 1.54) is 6.33 Å². The van der Waals surface area contributed by atoms with Gasteiger partial charge in [-0.15, -0.1) is 0 Å².